The molecule has 1 fully saturated rings. The molecule has 7 nitrogen and oxygen atoms in total. The molecular formula is C19H24N4O3. The Kier molecular flexibility index (Phi) is 5.88. The van der Waals surface area contributed by atoms with Crippen LogP contribution in [0.2, 0.25) is 0 Å². The van der Waals surface area contributed by atoms with Gasteiger partial charge in [0.15, 0.2) is 11.7 Å². The van der Waals surface area contributed by atoms with Crippen LogP contribution in [0.5, 0.6) is 0 Å². The maximum Gasteiger partial charge on any atom is 0.308 e. The Morgan fingerprint density at radius 1 is 1.35 bits per heavy atom. The van der Waals surface area contributed by atoms with E-state index in [1.807, 2.05) is 36.4 Å². The topological polar surface area (TPSA) is 80.0 Å². The summed E-state index contributed by atoms with van der Waals surface area (Å²) in [6.07, 6.45) is 1.54. The molecule has 0 saturated carbocycles. The van der Waals surface area contributed by atoms with Gasteiger partial charge in [-0.15, -0.1) is 0 Å². The first-order chi connectivity index (χ1) is 12.7. The molecule has 1 saturated heterocycles. The number of likely N-dealkylation sites (tertiary alicyclic amines) is 1. The number of carbonyl (C=O) groups excluding carboxylic acids is 1. The van der Waals surface area contributed by atoms with Gasteiger partial charge in [0.25, 0.3) is 0 Å². The Morgan fingerprint density at radius 2 is 2.08 bits per heavy atom. The molecule has 0 radical (unpaired) electrons. The Morgan fingerprint density at radius 3 is 2.73 bits per heavy atom. The summed E-state index contributed by atoms with van der Waals surface area (Å²) in [5, 5.41) is 7.43. The van der Waals surface area contributed by atoms with Crippen LogP contribution in [0.1, 0.15) is 18.6 Å². The number of guanidine groups is 1. The zero-order chi connectivity index (χ0) is 18.4. The molecule has 0 amide bonds. The number of methoxy groups -OCH3 is 1. The molecule has 1 N–H and O–H groups in total. The summed E-state index contributed by atoms with van der Waals surface area (Å²) in [5.41, 5.74) is 1.84. The van der Waals surface area contributed by atoms with E-state index in [-0.39, 0.29) is 11.9 Å². The number of aliphatic imine (C=N–C) groups is 1. The number of nitrogens with one attached hydrogen (secondary N) is 1. The zero-order valence-electron chi connectivity index (χ0n) is 15.1. The van der Waals surface area contributed by atoms with Crippen molar-refractivity contribution in [3.05, 3.63) is 42.2 Å². The average Bonchev–Trinajstić information content (AvgIpc) is 3.18. The minimum Gasteiger partial charge on any atom is -0.469 e. The predicted molar refractivity (Wildman–Crippen MR) is 98.5 cm³/mol. The van der Waals surface area contributed by atoms with Crippen molar-refractivity contribution < 1.29 is 14.1 Å². The van der Waals surface area contributed by atoms with Gasteiger partial charge in [-0.3, -0.25) is 9.79 Å². The molecule has 2 heterocycles. The van der Waals surface area contributed by atoms with Gasteiger partial charge in [0.2, 0.25) is 0 Å². The fraction of sp³-hybridized carbons (Fsp3) is 0.421. The van der Waals surface area contributed by atoms with Gasteiger partial charge in [0, 0.05) is 31.8 Å². The molecule has 1 aliphatic heterocycles. The highest BCUT2D eigenvalue weighted by Crippen LogP contribution is 2.20. The number of benzene rings is 1. The van der Waals surface area contributed by atoms with Gasteiger partial charge in [0.1, 0.15) is 5.69 Å². The summed E-state index contributed by atoms with van der Waals surface area (Å²) in [6.45, 7) is 2.04. The van der Waals surface area contributed by atoms with Crippen molar-refractivity contribution in [1.82, 2.24) is 15.4 Å². The normalized spacial score (nSPS) is 15.8. The van der Waals surface area contributed by atoms with Crippen LogP contribution in [-0.2, 0) is 16.1 Å². The second-order valence-electron chi connectivity index (χ2n) is 6.23. The fourth-order valence-corrected chi connectivity index (χ4v) is 3.13. The third kappa shape index (κ3) is 4.22. The lowest BCUT2D eigenvalue weighted by Crippen LogP contribution is -2.46. The van der Waals surface area contributed by atoms with Crippen molar-refractivity contribution >= 4 is 11.9 Å². The van der Waals surface area contributed by atoms with E-state index >= 15 is 0 Å². The molecule has 0 bridgehead atoms. The van der Waals surface area contributed by atoms with Crippen LogP contribution >= 0.6 is 0 Å². The molecule has 7 heteroatoms. The minimum atomic E-state index is -0.123. The molecule has 0 aliphatic carbocycles. The molecule has 1 aromatic carbocycles. The third-order valence-electron chi connectivity index (χ3n) is 4.59. The Hall–Kier alpha value is -2.83. The highest BCUT2D eigenvalue weighted by Gasteiger charge is 2.27. The number of ether oxygens (including phenoxy) is 1. The van der Waals surface area contributed by atoms with E-state index in [1.54, 1.807) is 7.05 Å². The number of aromatic nitrogens is 1. The lowest BCUT2D eigenvalue weighted by atomic mass is 9.97. The van der Waals surface area contributed by atoms with Crippen LogP contribution in [0.25, 0.3) is 11.3 Å². The first-order valence-electron chi connectivity index (χ1n) is 8.75. The van der Waals surface area contributed by atoms with Crippen molar-refractivity contribution in [1.29, 1.82) is 0 Å². The SMILES string of the molecule is CN=C(NCc1cc(-c2ccccc2)no1)N1CCC(C(=O)OC)CC1. The third-order valence-corrected chi connectivity index (χ3v) is 4.59. The van der Waals surface area contributed by atoms with Gasteiger partial charge in [-0.1, -0.05) is 35.5 Å². The first-order valence-corrected chi connectivity index (χ1v) is 8.75. The lowest BCUT2D eigenvalue weighted by molar-refractivity contribution is -0.146. The van der Waals surface area contributed by atoms with Gasteiger partial charge < -0.3 is 19.5 Å². The lowest BCUT2D eigenvalue weighted by Gasteiger charge is -2.33. The summed E-state index contributed by atoms with van der Waals surface area (Å²) in [4.78, 5) is 18.1. The summed E-state index contributed by atoms with van der Waals surface area (Å²) >= 11 is 0. The molecule has 0 atom stereocenters. The maximum atomic E-state index is 11.6. The standard InChI is InChI=1S/C19H24N4O3/c1-20-19(23-10-8-15(9-11-23)18(24)25-2)21-13-16-12-17(22-26-16)14-6-4-3-5-7-14/h3-7,12,15H,8-11,13H2,1-2H3,(H,20,21). The molecular weight excluding hydrogens is 332 g/mol. The van der Waals surface area contributed by atoms with Crippen LogP contribution in [0.3, 0.4) is 0 Å². The quantitative estimate of drug-likeness (QED) is 0.514. The van der Waals surface area contributed by atoms with Crippen LogP contribution < -0.4 is 5.32 Å². The van der Waals surface area contributed by atoms with Crippen LogP contribution in [0.15, 0.2) is 45.9 Å². The zero-order valence-corrected chi connectivity index (χ0v) is 15.1. The van der Waals surface area contributed by atoms with E-state index in [0.717, 1.165) is 48.9 Å². The summed E-state index contributed by atoms with van der Waals surface area (Å²) in [5.74, 6) is 1.40. The van der Waals surface area contributed by atoms with Gasteiger partial charge in [-0.05, 0) is 12.8 Å². The van der Waals surface area contributed by atoms with Crippen molar-refractivity contribution in [2.75, 3.05) is 27.2 Å². The summed E-state index contributed by atoms with van der Waals surface area (Å²) in [7, 11) is 3.20. The molecule has 2 aromatic rings. The molecule has 1 aliphatic rings. The van der Waals surface area contributed by atoms with Crippen molar-refractivity contribution in [2.45, 2.75) is 19.4 Å². The van der Waals surface area contributed by atoms with E-state index in [1.165, 1.54) is 7.11 Å². The van der Waals surface area contributed by atoms with Gasteiger partial charge in [-0.2, -0.15) is 0 Å². The average molecular weight is 356 g/mol. The highest BCUT2D eigenvalue weighted by atomic mass is 16.5. The number of rotatable bonds is 4. The number of hydrogen-bond acceptors (Lipinski definition) is 5. The van der Waals surface area contributed by atoms with Crippen LogP contribution in [0.4, 0.5) is 0 Å². The monoisotopic (exact) mass is 356 g/mol. The number of hydrogen-bond donors (Lipinski definition) is 1. The fourth-order valence-electron chi connectivity index (χ4n) is 3.13. The molecule has 26 heavy (non-hydrogen) atoms. The first kappa shape index (κ1) is 18.0. The van der Waals surface area contributed by atoms with Crippen molar-refractivity contribution in [3.63, 3.8) is 0 Å². The molecule has 1 aromatic heterocycles. The highest BCUT2D eigenvalue weighted by molar-refractivity contribution is 5.80. The maximum absolute atomic E-state index is 11.6. The predicted octanol–water partition coefficient (Wildman–Crippen LogP) is 2.30. The van der Waals surface area contributed by atoms with Gasteiger partial charge >= 0.3 is 5.97 Å². The molecule has 3 rings (SSSR count). The van der Waals surface area contributed by atoms with E-state index < -0.39 is 0 Å². The van der Waals surface area contributed by atoms with Crippen LogP contribution in [0, 0.1) is 5.92 Å². The minimum absolute atomic E-state index is 0.0166. The van der Waals surface area contributed by atoms with Gasteiger partial charge in [0.05, 0.1) is 19.6 Å². The number of piperidine rings is 1. The van der Waals surface area contributed by atoms with E-state index in [2.05, 4.69) is 20.4 Å². The number of carbonyl (C=O) groups is 1. The summed E-state index contributed by atoms with van der Waals surface area (Å²) < 4.78 is 10.3. The molecule has 138 valence electrons. The van der Waals surface area contributed by atoms with E-state index in [9.17, 15) is 4.79 Å². The Bertz CT molecular complexity index is 749. The molecule has 0 unspecified atom stereocenters. The van der Waals surface area contributed by atoms with Crippen molar-refractivity contribution in [3.8, 4) is 11.3 Å². The van der Waals surface area contributed by atoms with Gasteiger partial charge in [-0.25, -0.2) is 0 Å². The van der Waals surface area contributed by atoms with E-state index in [0.29, 0.717) is 6.54 Å². The number of nitrogens with zero attached hydrogens (tertiary/aromatic N) is 3. The van der Waals surface area contributed by atoms with Crippen molar-refractivity contribution in [2.24, 2.45) is 10.9 Å². The molecule has 0 spiro atoms. The second-order valence-corrected chi connectivity index (χ2v) is 6.23. The Balaban J connectivity index is 1.54. The summed E-state index contributed by atoms with van der Waals surface area (Å²) in [6, 6.07) is 11.8. The second kappa shape index (κ2) is 8.51. The number of esters is 1. The largest absolute Gasteiger partial charge is 0.469 e. The van der Waals surface area contributed by atoms with Crippen LogP contribution in [-0.4, -0.2) is 49.2 Å². The van der Waals surface area contributed by atoms with E-state index in [4.69, 9.17) is 9.26 Å². The smallest absolute Gasteiger partial charge is 0.308 e. The Labute approximate surface area is 153 Å².